The lowest BCUT2D eigenvalue weighted by Crippen LogP contribution is -2.32. The molecule has 1 N–H and O–H groups in total. The fourth-order valence-corrected chi connectivity index (χ4v) is 4.74. The third-order valence-electron chi connectivity index (χ3n) is 5.70. The molecule has 0 unspecified atom stereocenters. The van der Waals surface area contributed by atoms with Crippen molar-refractivity contribution in [2.24, 2.45) is 0 Å². The Balaban J connectivity index is 1.50. The lowest BCUT2D eigenvalue weighted by molar-refractivity contribution is -0.137. The summed E-state index contributed by atoms with van der Waals surface area (Å²) in [5.74, 6) is -1.67. The molecular formula is C21H21F3N4O4S. The van der Waals surface area contributed by atoms with Crippen molar-refractivity contribution in [1.29, 1.82) is 0 Å². The molecular weight excluding hydrogens is 461 g/mol. The zero-order chi connectivity index (χ0) is 23.2. The van der Waals surface area contributed by atoms with Gasteiger partial charge >= 0.3 is 6.18 Å². The first-order valence-corrected chi connectivity index (χ1v) is 11.3. The van der Waals surface area contributed by atoms with Gasteiger partial charge in [0.25, 0.3) is 5.91 Å². The van der Waals surface area contributed by atoms with Crippen molar-refractivity contribution in [1.82, 2.24) is 20.1 Å². The highest BCUT2D eigenvalue weighted by molar-refractivity contribution is 7.09. The van der Waals surface area contributed by atoms with Gasteiger partial charge in [0, 0.05) is 29.3 Å². The summed E-state index contributed by atoms with van der Waals surface area (Å²) in [6, 6.07) is 0. The molecule has 2 atom stereocenters. The van der Waals surface area contributed by atoms with Crippen molar-refractivity contribution in [2.45, 2.75) is 44.6 Å². The summed E-state index contributed by atoms with van der Waals surface area (Å²) in [7, 11) is 0. The zero-order valence-electron chi connectivity index (χ0n) is 17.6. The molecule has 0 saturated carbocycles. The van der Waals surface area contributed by atoms with E-state index in [1.54, 1.807) is 22.6 Å². The van der Waals surface area contributed by atoms with Gasteiger partial charge in [-0.3, -0.25) is 14.5 Å². The van der Waals surface area contributed by atoms with E-state index in [2.05, 4.69) is 15.4 Å². The molecule has 2 aliphatic rings. The summed E-state index contributed by atoms with van der Waals surface area (Å²) >= 11 is 1.29. The fraction of sp³-hybridized carbons (Fsp3) is 0.476. The molecule has 1 aliphatic carbocycles. The number of ether oxygens (including phenoxy) is 2. The van der Waals surface area contributed by atoms with Gasteiger partial charge in [-0.25, -0.2) is 0 Å². The first-order chi connectivity index (χ1) is 15.8. The van der Waals surface area contributed by atoms with E-state index in [0.29, 0.717) is 31.9 Å². The molecule has 0 spiro atoms. The number of alkyl halides is 3. The standard InChI is InChI=1S/C21H21F3N4O4S/c1-11-4-15-16(18-14(11)8-28(27-18)7-12-9-30-2-3-31-12)17(21(22,23)24)19(32-15)20(29)26-6-13-5-25-10-33-13/h5,8,10-12H,2-4,6-7,9H2,1H3,(H,26,29)/t11-,12+/m1/s1. The molecule has 1 saturated heterocycles. The SMILES string of the molecule is C[C@@H]1Cc2oc(C(=O)NCc3cncs3)c(C(F)(F)F)c2-c2nn(C[C@H]3COCCO3)cc21. The maximum Gasteiger partial charge on any atom is 0.420 e. The number of carbonyl (C=O) groups excluding carboxylic acids is 1. The maximum absolute atomic E-state index is 14.2. The van der Waals surface area contributed by atoms with Crippen LogP contribution in [0, 0.1) is 0 Å². The normalized spacial score (nSPS) is 20.4. The minimum atomic E-state index is -4.80. The minimum absolute atomic E-state index is 0.0614. The molecule has 8 nitrogen and oxygen atoms in total. The van der Waals surface area contributed by atoms with Gasteiger partial charge in [0.15, 0.2) is 0 Å². The van der Waals surface area contributed by atoms with Crippen LogP contribution in [0.4, 0.5) is 13.2 Å². The number of hydrogen-bond acceptors (Lipinski definition) is 7. The summed E-state index contributed by atoms with van der Waals surface area (Å²) in [6.07, 6.45) is -1.49. The molecule has 1 amide bonds. The summed E-state index contributed by atoms with van der Waals surface area (Å²) in [6.45, 7) is 3.70. The van der Waals surface area contributed by atoms with E-state index in [1.165, 1.54) is 11.3 Å². The molecule has 1 aliphatic heterocycles. The first kappa shape index (κ1) is 22.1. The molecule has 12 heteroatoms. The van der Waals surface area contributed by atoms with Gasteiger partial charge in [0.1, 0.15) is 17.4 Å². The second kappa shape index (κ2) is 8.58. The Morgan fingerprint density at radius 1 is 1.36 bits per heavy atom. The Hall–Kier alpha value is -2.70. The molecule has 1 fully saturated rings. The van der Waals surface area contributed by atoms with Gasteiger partial charge in [-0.05, 0) is 5.92 Å². The molecule has 3 aromatic heterocycles. The van der Waals surface area contributed by atoms with Crippen LogP contribution >= 0.6 is 11.3 Å². The van der Waals surface area contributed by atoms with E-state index in [4.69, 9.17) is 13.9 Å². The quantitative estimate of drug-likeness (QED) is 0.597. The maximum atomic E-state index is 14.2. The predicted molar refractivity (Wildman–Crippen MR) is 111 cm³/mol. The van der Waals surface area contributed by atoms with Crippen LogP contribution in [-0.2, 0) is 35.2 Å². The van der Waals surface area contributed by atoms with E-state index in [1.807, 2.05) is 6.92 Å². The minimum Gasteiger partial charge on any atom is -0.455 e. The lowest BCUT2D eigenvalue weighted by Gasteiger charge is -2.22. The van der Waals surface area contributed by atoms with Gasteiger partial charge in [-0.2, -0.15) is 18.3 Å². The van der Waals surface area contributed by atoms with Crippen molar-refractivity contribution in [3.05, 3.63) is 45.4 Å². The molecule has 3 aromatic rings. The lowest BCUT2D eigenvalue weighted by atomic mass is 9.86. The van der Waals surface area contributed by atoms with Crippen molar-refractivity contribution >= 4 is 17.2 Å². The zero-order valence-corrected chi connectivity index (χ0v) is 18.5. The third-order valence-corrected chi connectivity index (χ3v) is 6.48. The number of thiazole rings is 1. The fourth-order valence-electron chi connectivity index (χ4n) is 4.20. The third kappa shape index (κ3) is 4.30. The average molecular weight is 482 g/mol. The largest absolute Gasteiger partial charge is 0.455 e. The van der Waals surface area contributed by atoms with Gasteiger partial charge in [0.2, 0.25) is 5.76 Å². The molecule has 176 valence electrons. The second-order valence-corrected chi connectivity index (χ2v) is 9.05. The van der Waals surface area contributed by atoms with Crippen LogP contribution in [-0.4, -0.2) is 46.6 Å². The Bertz CT molecular complexity index is 1150. The Morgan fingerprint density at radius 3 is 2.91 bits per heavy atom. The van der Waals surface area contributed by atoms with E-state index in [9.17, 15) is 18.0 Å². The summed E-state index contributed by atoms with van der Waals surface area (Å²) in [5, 5.41) is 6.95. The van der Waals surface area contributed by atoms with Crippen LogP contribution in [0.2, 0.25) is 0 Å². The van der Waals surface area contributed by atoms with Gasteiger partial charge in [-0.15, -0.1) is 11.3 Å². The van der Waals surface area contributed by atoms with Crippen LogP contribution in [0.5, 0.6) is 0 Å². The van der Waals surface area contributed by atoms with Crippen molar-refractivity contribution in [3.63, 3.8) is 0 Å². The topological polar surface area (TPSA) is 91.4 Å². The number of hydrogen-bond donors (Lipinski definition) is 1. The van der Waals surface area contributed by atoms with Gasteiger partial charge in [-0.1, -0.05) is 6.92 Å². The van der Waals surface area contributed by atoms with E-state index in [0.717, 1.165) is 4.88 Å². The summed E-state index contributed by atoms with van der Waals surface area (Å²) in [4.78, 5) is 17.3. The van der Waals surface area contributed by atoms with Crippen molar-refractivity contribution < 1.29 is 31.9 Å². The van der Waals surface area contributed by atoms with Crippen LogP contribution < -0.4 is 5.32 Å². The van der Waals surface area contributed by atoms with Crippen molar-refractivity contribution in [3.8, 4) is 11.3 Å². The molecule has 0 bridgehead atoms. The van der Waals surface area contributed by atoms with Crippen molar-refractivity contribution in [2.75, 3.05) is 19.8 Å². The number of amides is 1. The van der Waals surface area contributed by atoms with Crippen LogP contribution in [0.25, 0.3) is 11.3 Å². The Morgan fingerprint density at radius 2 is 2.21 bits per heavy atom. The number of carbonyl (C=O) groups is 1. The number of rotatable bonds is 5. The first-order valence-electron chi connectivity index (χ1n) is 10.5. The Labute approximate surface area is 190 Å². The molecule has 5 rings (SSSR count). The molecule has 0 radical (unpaired) electrons. The highest BCUT2D eigenvalue weighted by Gasteiger charge is 2.46. The summed E-state index contributed by atoms with van der Waals surface area (Å²) in [5.41, 5.74) is 1.21. The van der Waals surface area contributed by atoms with Crippen LogP contribution in [0.1, 0.15) is 45.2 Å². The average Bonchev–Trinajstić information content (AvgIpc) is 3.50. The summed E-state index contributed by atoms with van der Waals surface area (Å²) < 4.78 is 60.8. The number of aromatic nitrogens is 3. The van der Waals surface area contributed by atoms with E-state index in [-0.39, 0.29) is 42.0 Å². The van der Waals surface area contributed by atoms with E-state index < -0.39 is 23.4 Å². The van der Waals surface area contributed by atoms with Gasteiger partial charge < -0.3 is 19.2 Å². The van der Waals surface area contributed by atoms with E-state index >= 15 is 0 Å². The monoisotopic (exact) mass is 482 g/mol. The second-order valence-electron chi connectivity index (χ2n) is 8.08. The molecule has 4 heterocycles. The number of halogens is 3. The number of nitrogens with one attached hydrogen (secondary N) is 1. The molecule has 33 heavy (non-hydrogen) atoms. The Kier molecular flexibility index (Phi) is 5.75. The molecule has 0 aromatic carbocycles. The highest BCUT2D eigenvalue weighted by Crippen LogP contribution is 2.48. The number of fused-ring (bicyclic) bond motifs is 3. The predicted octanol–water partition coefficient (Wildman–Crippen LogP) is 3.62. The van der Waals surface area contributed by atoms with Crippen LogP contribution in [0.3, 0.4) is 0 Å². The smallest absolute Gasteiger partial charge is 0.420 e. The van der Waals surface area contributed by atoms with Gasteiger partial charge in [0.05, 0.1) is 49.7 Å². The highest BCUT2D eigenvalue weighted by atomic mass is 32.1. The van der Waals surface area contributed by atoms with Crippen LogP contribution in [0.15, 0.2) is 22.3 Å². The number of nitrogens with zero attached hydrogens (tertiary/aromatic N) is 3. The number of furan rings is 1.